The van der Waals surface area contributed by atoms with Gasteiger partial charge in [-0.15, -0.1) is 6.58 Å². The van der Waals surface area contributed by atoms with Crippen molar-refractivity contribution in [2.45, 2.75) is 32.9 Å². The van der Waals surface area contributed by atoms with Crippen molar-refractivity contribution in [3.05, 3.63) is 72.1 Å². The van der Waals surface area contributed by atoms with Gasteiger partial charge in [-0.3, -0.25) is 0 Å². The Kier molecular flexibility index (Phi) is 5.19. The Bertz CT molecular complexity index is 883. The van der Waals surface area contributed by atoms with Crippen molar-refractivity contribution in [2.24, 2.45) is 0 Å². The molecule has 1 N–H and O–H groups in total. The van der Waals surface area contributed by atoms with E-state index < -0.39 is 6.10 Å². The lowest BCUT2D eigenvalue weighted by molar-refractivity contribution is 0.0925. The highest BCUT2D eigenvalue weighted by Gasteiger charge is 2.13. The summed E-state index contributed by atoms with van der Waals surface area (Å²) in [6, 6.07) is 14.0. The van der Waals surface area contributed by atoms with Crippen LogP contribution in [0.1, 0.15) is 17.0 Å². The van der Waals surface area contributed by atoms with Crippen LogP contribution in [0.2, 0.25) is 0 Å². The highest BCUT2D eigenvalue weighted by molar-refractivity contribution is 5.75. The van der Waals surface area contributed by atoms with Crippen LogP contribution in [0.3, 0.4) is 0 Å². The standard InChI is InChI=1S/C21H24N2O2/c1-4-7-17-12-15(2)10-11-21(17)25-14-18(24)13-23-16(3)22-19-8-5-6-9-20(19)23/h4-6,8-12,18,24H,1,7,13-14H2,2-3H3. The Morgan fingerprint density at radius 3 is 2.84 bits per heavy atom. The summed E-state index contributed by atoms with van der Waals surface area (Å²) in [5.74, 6) is 1.69. The molecule has 0 saturated heterocycles. The first-order valence-electron chi connectivity index (χ1n) is 8.51. The molecule has 2 aromatic carbocycles. The topological polar surface area (TPSA) is 47.3 Å². The number of aliphatic hydroxyl groups excluding tert-OH is 1. The molecule has 0 aliphatic rings. The Hall–Kier alpha value is -2.59. The molecule has 0 aliphatic carbocycles. The van der Waals surface area contributed by atoms with Crippen LogP contribution in [0.15, 0.2) is 55.1 Å². The number of benzene rings is 2. The zero-order chi connectivity index (χ0) is 17.8. The van der Waals surface area contributed by atoms with Gasteiger partial charge in [0.25, 0.3) is 0 Å². The summed E-state index contributed by atoms with van der Waals surface area (Å²) >= 11 is 0. The number of aryl methyl sites for hydroxylation is 2. The molecule has 0 fully saturated rings. The molecule has 0 radical (unpaired) electrons. The number of aromatic nitrogens is 2. The summed E-state index contributed by atoms with van der Waals surface area (Å²) in [6.45, 7) is 8.49. The van der Waals surface area contributed by atoms with Gasteiger partial charge in [-0.1, -0.05) is 35.9 Å². The number of imidazole rings is 1. The first-order valence-corrected chi connectivity index (χ1v) is 8.51. The smallest absolute Gasteiger partial charge is 0.122 e. The second-order valence-electron chi connectivity index (χ2n) is 6.33. The Morgan fingerprint density at radius 2 is 2.04 bits per heavy atom. The summed E-state index contributed by atoms with van der Waals surface area (Å²) in [4.78, 5) is 4.53. The Morgan fingerprint density at radius 1 is 1.24 bits per heavy atom. The second-order valence-corrected chi connectivity index (χ2v) is 6.33. The molecule has 1 aromatic heterocycles. The summed E-state index contributed by atoms with van der Waals surface area (Å²) in [6.07, 6.45) is 1.99. The minimum Gasteiger partial charge on any atom is -0.491 e. The summed E-state index contributed by atoms with van der Waals surface area (Å²) < 4.78 is 7.91. The van der Waals surface area contributed by atoms with Crippen molar-refractivity contribution in [3.8, 4) is 5.75 Å². The van der Waals surface area contributed by atoms with E-state index in [1.807, 2.05) is 54.0 Å². The molecule has 4 nitrogen and oxygen atoms in total. The molecule has 1 heterocycles. The predicted molar refractivity (Wildman–Crippen MR) is 101 cm³/mol. The average Bonchev–Trinajstić information content (AvgIpc) is 2.90. The van der Waals surface area contributed by atoms with Crippen LogP contribution in [0.4, 0.5) is 0 Å². The third kappa shape index (κ3) is 3.91. The Balaban J connectivity index is 1.70. The lowest BCUT2D eigenvalue weighted by Crippen LogP contribution is -2.24. The van der Waals surface area contributed by atoms with Gasteiger partial charge in [0.05, 0.1) is 17.6 Å². The summed E-state index contributed by atoms with van der Waals surface area (Å²) in [7, 11) is 0. The highest BCUT2D eigenvalue weighted by Crippen LogP contribution is 2.22. The number of fused-ring (bicyclic) bond motifs is 1. The van der Waals surface area contributed by atoms with E-state index in [1.54, 1.807) is 0 Å². The number of aliphatic hydroxyl groups is 1. The molecular weight excluding hydrogens is 312 g/mol. The van der Waals surface area contributed by atoms with Crippen LogP contribution >= 0.6 is 0 Å². The largest absolute Gasteiger partial charge is 0.491 e. The van der Waals surface area contributed by atoms with E-state index in [0.29, 0.717) is 6.54 Å². The molecule has 0 saturated carbocycles. The van der Waals surface area contributed by atoms with Gasteiger partial charge in [-0.25, -0.2) is 4.98 Å². The van der Waals surface area contributed by atoms with Gasteiger partial charge < -0.3 is 14.4 Å². The van der Waals surface area contributed by atoms with Gasteiger partial charge in [0, 0.05) is 0 Å². The van der Waals surface area contributed by atoms with Crippen LogP contribution in [0.5, 0.6) is 5.75 Å². The van der Waals surface area contributed by atoms with Crippen LogP contribution in [-0.4, -0.2) is 27.4 Å². The normalized spacial score (nSPS) is 12.3. The number of rotatable bonds is 7. The molecule has 0 aliphatic heterocycles. The number of ether oxygens (including phenoxy) is 1. The molecule has 1 unspecified atom stereocenters. The number of allylic oxidation sites excluding steroid dienone is 1. The van der Waals surface area contributed by atoms with E-state index in [4.69, 9.17) is 4.74 Å². The van der Waals surface area contributed by atoms with Crippen LogP contribution in [-0.2, 0) is 13.0 Å². The SMILES string of the molecule is C=CCc1cc(C)ccc1OCC(O)Cn1c(C)nc2ccccc21. The van der Waals surface area contributed by atoms with E-state index >= 15 is 0 Å². The first-order chi connectivity index (χ1) is 12.1. The van der Waals surface area contributed by atoms with E-state index in [2.05, 4.69) is 24.6 Å². The summed E-state index contributed by atoms with van der Waals surface area (Å²) in [5, 5.41) is 10.4. The van der Waals surface area contributed by atoms with Gasteiger partial charge in [-0.05, 0) is 44.0 Å². The zero-order valence-corrected chi connectivity index (χ0v) is 14.8. The van der Waals surface area contributed by atoms with Crippen LogP contribution in [0, 0.1) is 13.8 Å². The molecule has 3 rings (SSSR count). The van der Waals surface area contributed by atoms with Crippen molar-refractivity contribution in [1.82, 2.24) is 9.55 Å². The van der Waals surface area contributed by atoms with Crippen LogP contribution < -0.4 is 4.74 Å². The molecule has 3 aromatic rings. The van der Waals surface area contributed by atoms with Gasteiger partial charge in [0.2, 0.25) is 0 Å². The monoisotopic (exact) mass is 336 g/mol. The first kappa shape index (κ1) is 17.2. The molecule has 130 valence electrons. The number of hydrogen-bond acceptors (Lipinski definition) is 3. The summed E-state index contributed by atoms with van der Waals surface area (Å²) in [5.41, 5.74) is 4.25. The van der Waals surface area contributed by atoms with E-state index in [0.717, 1.165) is 34.6 Å². The lowest BCUT2D eigenvalue weighted by atomic mass is 10.1. The fourth-order valence-electron chi connectivity index (χ4n) is 3.04. The lowest BCUT2D eigenvalue weighted by Gasteiger charge is -2.16. The molecule has 0 amide bonds. The van der Waals surface area contributed by atoms with Gasteiger partial charge in [0.15, 0.2) is 0 Å². The number of para-hydroxylation sites is 2. The van der Waals surface area contributed by atoms with E-state index in [-0.39, 0.29) is 6.61 Å². The minimum atomic E-state index is -0.616. The molecule has 0 bridgehead atoms. The average molecular weight is 336 g/mol. The predicted octanol–water partition coefficient (Wildman–Crippen LogP) is 3.82. The second kappa shape index (κ2) is 7.53. The third-order valence-corrected chi connectivity index (χ3v) is 4.25. The van der Waals surface area contributed by atoms with Crippen molar-refractivity contribution >= 4 is 11.0 Å². The van der Waals surface area contributed by atoms with E-state index in [9.17, 15) is 5.11 Å². The quantitative estimate of drug-likeness (QED) is 0.667. The fraction of sp³-hybridized carbons (Fsp3) is 0.286. The van der Waals surface area contributed by atoms with Crippen LogP contribution in [0.25, 0.3) is 11.0 Å². The highest BCUT2D eigenvalue weighted by atomic mass is 16.5. The molecule has 4 heteroatoms. The van der Waals surface area contributed by atoms with Gasteiger partial charge >= 0.3 is 0 Å². The maximum atomic E-state index is 10.4. The fourth-order valence-corrected chi connectivity index (χ4v) is 3.04. The van der Waals surface area contributed by atoms with Crippen molar-refractivity contribution in [1.29, 1.82) is 0 Å². The van der Waals surface area contributed by atoms with Gasteiger partial charge in [-0.2, -0.15) is 0 Å². The Labute approximate surface area is 148 Å². The van der Waals surface area contributed by atoms with Gasteiger partial charge in [0.1, 0.15) is 24.3 Å². The van der Waals surface area contributed by atoms with Crippen molar-refractivity contribution < 1.29 is 9.84 Å². The molecule has 1 atom stereocenters. The van der Waals surface area contributed by atoms with Crippen molar-refractivity contribution in [2.75, 3.05) is 6.61 Å². The van der Waals surface area contributed by atoms with Crippen molar-refractivity contribution in [3.63, 3.8) is 0 Å². The third-order valence-electron chi connectivity index (χ3n) is 4.25. The zero-order valence-electron chi connectivity index (χ0n) is 14.8. The van der Waals surface area contributed by atoms with E-state index in [1.165, 1.54) is 5.56 Å². The maximum absolute atomic E-state index is 10.4. The number of hydrogen-bond donors (Lipinski definition) is 1. The maximum Gasteiger partial charge on any atom is 0.122 e. The number of nitrogens with zero attached hydrogens (tertiary/aromatic N) is 2. The molecular formula is C21H24N2O2. The minimum absolute atomic E-state index is 0.235. The molecule has 25 heavy (non-hydrogen) atoms. The molecule has 0 spiro atoms.